The normalized spacial score (nSPS) is 22.3. The molecule has 0 saturated carbocycles. The fraction of sp³-hybridized carbons (Fsp3) is 0.467. The van der Waals surface area contributed by atoms with E-state index in [0.29, 0.717) is 17.9 Å². The summed E-state index contributed by atoms with van der Waals surface area (Å²) in [4.78, 5) is 14.0. The van der Waals surface area contributed by atoms with E-state index in [4.69, 9.17) is 5.26 Å². The molecule has 2 unspecified atom stereocenters. The van der Waals surface area contributed by atoms with Crippen molar-refractivity contribution in [3.63, 3.8) is 0 Å². The third-order valence-electron chi connectivity index (χ3n) is 3.83. The Bertz CT molecular complexity index is 490. The molecule has 1 aliphatic rings. The van der Waals surface area contributed by atoms with Crippen molar-refractivity contribution in [2.45, 2.75) is 25.8 Å². The first-order valence-corrected chi connectivity index (χ1v) is 6.55. The third kappa shape index (κ3) is 2.94. The van der Waals surface area contributed by atoms with E-state index in [9.17, 15) is 9.90 Å². The minimum Gasteiger partial charge on any atom is -0.394 e. The summed E-state index contributed by atoms with van der Waals surface area (Å²) >= 11 is 0. The van der Waals surface area contributed by atoms with Crippen LogP contribution in [0, 0.1) is 17.2 Å². The molecule has 2 atom stereocenters. The average molecular weight is 258 g/mol. The fourth-order valence-electron chi connectivity index (χ4n) is 2.57. The molecule has 1 N–H and O–H groups in total. The molecule has 1 aliphatic heterocycles. The lowest BCUT2D eigenvalue weighted by molar-refractivity contribution is -0.132. The van der Waals surface area contributed by atoms with Gasteiger partial charge in [-0.3, -0.25) is 4.79 Å². The van der Waals surface area contributed by atoms with Crippen LogP contribution >= 0.6 is 0 Å². The highest BCUT2D eigenvalue weighted by Crippen LogP contribution is 2.24. The van der Waals surface area contributed by atoms with Crippen molar-refractivity contribution in [3.8, 4) is 6.07 Å². The van der Waals surface area contributed by atoms with Crippen molar-refractivity contribution in [2.24, 2.45) is 5.92 Å². The maximum Gasteiger partial charge on any atom is 0.227 e. The molecule has 4 heteroatoms. The van der Waals surface area contributed by atoms with Crippen molar-refractivity contribution in [1.29, 1.82) is 5.26 Å². The van der Waals surface area contributed by atoms with Crippen LogP contribution in [0.5, 0.6) is 0 Å². The van der Waals surface area contributed by atoms with Crippen molar-refractivity contribution in [1.82, 2.24) is 4.90 Å². The molecule has 100 valence electrons. The molecule has 2 rings (SSSR count). The number of likely N-dealkylation sites (tertiary alicyclic amines) is 1. The molecule has 1 aromatic carbocycles. The van der Waals surface area contributed by atoms with Gasteiger partial charge in [-0.15, -0.1) is 0 Å². The lowest BCUT2D eigenvalue weighted by Crippen LogP contribution is -2.40. The Morgan fingerprint density at radius 2 is 2.16 bits per heavy atom. The smallest absolute Gasteiger partial charge is 0.227 e. The minimum atomic E-state index is -0.0501. The molecule has 0 bridgehead atoms. The molecule has 1 fully saturated rings. The van der Waals surface area contributed by atoms with E-state index in [2.05, 4.69) is 13.0 Å². The Kier molecular flexibility index (Phi) is 4.18. The third-order valence-corrected chi connectivity index (χ3v) is 3.83. The van der Waals surface area contributed by atoms with E-state index in [1.165, 1.54) is 0 Å². The molecule has 1 aromatic rings. The van der Waals surface area contributed by atoms with Crippen molar-refractivity contribution < 1.29 is 9.90 Å². The Hall–Kier alpha value is -1.86. The Balaban J connectivity index is 2.02. The highest BCUT2D eigenvalue weighted by Gasteiger charge is 2.33. The van der Waals surface area contributed by atoms with E-state index in [1.807, 2.05) is 12.1 Å². The second kappa shape index (κ2) is 5.85. The Morgan fingerprint density at radius 3 is 2.74 bits per heavy atom. The monoisotopic (exact) mass is 258 g/mol. The Labute approximate surface area is 113 Å². The van der Waals surface area contributed by atoms with Crippen LogP contribution in [0.2, 0.25) is 0 Å². The van der Waals surface area contributed by atoms with Crippen LogP contribution in [-0.2, 0) is 11.2 Å². The van der Waals surface area contributed by atoms with Crippen LogP contribution in [-0.4, -0.2) is 35.1 Å². The molecule has 1 saturated heterocycles. The molecule has 1 heterocycles. The van der Waals surface area contributed by atoms with Gasteiger partial charge in [-0.25, -0.2) is 0 Å². The lowest BCUT2D eigenvalue weighted by Gasteiger charge is -2.25. The van der Waals surface area contributed by atoms with Crippen molar-refractivity contribution in [2.75, 3.05) is 13.2 Å². The zero-order valence-electron chi connectivity index (χ0n) is 11.0. The van der Waals surface area contributed by atoms with Crippen LogP contribution in [0.4, 0.5) is 0 Å². The van der Waals surface area contributed by atoms with E-state index < -0.39 is 0 Å². The predicted octanol–water partition coefficient (Wildman–Crippen LogP) is 1.33. The van der Waals surface area contributed by atoms with Gasteiger partial charge < -0.3 is 10.0 Å². The zero-order chi connectivity index (χ0) is 13.8. The average Bonchev–Trinajstić information content (AvgIpc) is 2.80. The van der Waals surface area contributed by atoms with Gasteiger partial charge in [-0.05, 0) is 30.0 Å². The maximum atomic E-state index is 12.2. The van der Waals surface area contributed by atoms with Crippen LogP contribution < -0.4 is 0 Å². The second-order valence-electron chi connectivity index (χ2n) is 5.09. The van der Waals surface area contributed by atoms with Gasteiger partial charge in [0, 0.05) is 6.54 Å². The first kappa shape index (κ1) is 13.6. The number of aliphatic hydroxyl groups is 1. The summed E-state index contributed by atoms with van der Waals surface area (Å²) < 4.78 is 0. The fourth-order valence-corrected chi connectivity index (χ4v) is 2.57. The van der Waals surface area contributed by atoms with Gasteiger partial charge in [-0.1, -0.05) is 19.1 Å². The van der Waals surface area contributed by atoms with E-state index >= 15 is 0 Å². The standard InChI is InChI=1S/C15H18N2O2/c1-11-6-7-17(14(11)10-18)15(19)8-12-2-4-13(9-16)5-3-12/h2-5,11,14,18H,6-8,10H2,1H3. The number of hydrogen-bond donors (Lipinski definition) is 1. The summed E-state index contributed by atoms with van der Waals surface area (Å²) in [6.45, 7) is 2.82. The molecular formula is C15H18N2O2. The number of aliphatic hydroxyl groups excluding tert-OH is 1. The largest absolute Gasteiger partial charge is 0.394 e. The summed E-state index contributed by atoms with van der Waals surface area (Å²) in [5.41, 5.74) is 1.50. The molecule has 1 amide bonds. The molecule has 4 nitrogen and oxygen atoms in total. The Morgan fingerprint density at radius 1 is 1.47 bits per heavy atom. The summed E-state index contributed by atoms with van der Waals surface area (Å²) in [5.74, 6) is 0.406. The molecule has 0 aliphatic carbocycles. The predicted molar refractivity (Wildman–Crippen MR) is 71.2 cm³/mol. The van der Waals surface area contributed by atoms with Gasteiger partial charge in [-0.2, -0.15) is 5.26 Å². The number of amides is 1. The number of nitriles is 1. The van der Waals surface area contributed by atoms with E-state index in [-0.39, 0.29) is 18.6 Å². The highest BCUT2D eigenvalue weighted by molar-refractivity contribution is 5.79. The quantitative estimate of drug-likeness (QED) is 0.889. The van der Waals surface area contributed by atoms with Crippen LogP contribution in [0.15, 0.2) is 24.3 Å². The first-order valence-electron chi connectivity index (χ1n) is 6.55. The SMILES string of the molecule is CC1CCN(C(=O)Cc2ccc(C#N)cc2)C1CO. The van der Waals surface area contributed by atoms with Crippen molar-refractivity contribution >= 4 is 5.91 Å². The molecular weight excluding hydrogens is 240 g/mol. The minimum absolute atomic E-state index is 0.0281. The molecule has 0 radical (unpaired) electrons. The van der Waals surface area contributed by atoms with Gasteiger partial charge in [0.1, 0.15) is 0 Å². The van der Waals surface area contributed by atoms with Crippen LogP contribution in [0.1, 0.15) is 24.5 Å². The molecule has 0 aromatic heterocycles. The number of carbonyl (C=O) groups is 1. The number of nitrogens with zero attached hydrogens (tertiary/aromatic N) is 2. The van der Waals surface area contributed by atoms with Crippen molar-refractivity contribution in [3.05, 3.63) is 35.4 Å². The maximum absolute atomic E-state index is 12.2. The van der Waals surface area contributed by atoms with Gasteiger partial charge in [0.25, 0.3) is 0 Å². The van der Waals surface area contributed by atoms with Gasteiger partial charge in [0.15, 0.2) is 0 Å². The summed E-state index contributed by atoms with van der Waals surface area (Å²) in [6.07, 6.45) is 1.28. The van der Waals surface area contributed by atoms with Gasteiger partial charge in [0.05, 0.1) is 30.7 Å². The number of carbonyl (C=O) groups excluding carboxylic acids is 1. The zero-order valence-corrected chi connectivity index (χ0v) is 11.0. The number of hydrogen-bond acceptors (Lipinski definition) is 3. The van der Waals surface area contributed by atoms with E-state index in [0.717, 1.165) is 18.5 Å². The number of benzene rings is 1. The molecule has 19 heavy (non-hydrogen) atoms. The van der Waals surface area contributed by atoms with Crippen LogP contribution in [0.25, 0.3) is 0 Å². The topological polar surface area (TPSA) is 64.3 Å². The van der Waals surface area contributed by atoms with Gasteiger partial charge in [0.2, 0.25) is 5.91 Å². The first-order chi connectivity index (χ1) is 9.15. The lowest BCUT2D eigenvalue weighted by atomic mass is 10.0. The number of rotatable bonds is 3. The van der Waals surface area contributed by atoms with E-state index in [1.54, 1.807) is 17.0 Å². The highest BCUT2D eigenvalue weighted by atomic mass is 16.3. The summed E-state index contributed by atoms with van der Waals surface area (Å²) in [6, 6.07) is 9.07. The van der Waals surface area contributed by atoms with Crippen LogP contribution in [0.3, 0.4) is 0 Å². The second-order valence-corrected chi connectivity index (χ2v) is 5.09. The van der Waals surface area contributed by atoms with Gasteiger partial charge >= 0.3 is 0 Å². The summed E-state index contributed by atoms with van der Waals surface area (Å²) in [5, 5.41) is 18.1. The summed E-state index contributed by atoms with van der Waals surface area (Å²) in [7, 11) is 0. The molecule has 0 spiro atoms.